The molecule has 0 radical (unpaired) electrons. The summed E-state index contributed by atoms with van der Waals surface area (Å²) in [5.41, 5.74) is 4.73. The topological polar surface area (TPSA) is 35.6 Å². The second-order valence-corrected chi connectivity index (χ2v) is 11.3. The number of amides is 1. The highest BCUT2D eigenvalue weighted by atomic mass is 32.1. The van der Waals surface area contributed by atoms with Crippen molar-refractivity contribution in [2.75, 3.05) is 18.5 Å². The predicted octanol–water partition coefficient (Wildman–Crippen LogP) is 5.58. The molecule has 4 rings (SSSR count). The summed E-state index contributed by atoms with van der Waals surface area (Å²) in [6, 6.07) is 10.5. The third kappa shape index (κ3) is 4.16. The number of hydrogen-bond acceptors (Lipinski definition) is 3. The first kappa shape index (κ1) is 22.7. The summed E-state index contributed by atoms with van der Waals surface area (Å²) in [4.78, 5) is 16.7. The van der Waals surface area contributed by atoms with Crippen LogP contribution in [0, 0.1) is 22.7 Å². The fourth-order valence-corrected chi connectivity index (χ4v) is 7.78. The largest absolute Gasteiger partial charge is 0.308 e. The Balaban J connectivity index is 1.55. The molecule has 3 atom stereocenters. The Morgan fingerprint density at radius 3 is 2.35 bits per heavy atom. The van der Waals surface area contributed by atoms with Gasteiger partial charge in [0.2, 0.25) is 5.91 Å². The Kier molecular flexibility index (Phi) is 6.47. The van der Waals surface area contributed by atoms with Gasteiger partial charge in [-0.05, 0) is 61.0 Å². The van der Waals surface area contributed by atoms with Gasteiger partial charge >= 0.3 is 0 Å². The number of hydrogen-bond donors (Lipinski definition) is 1. The van der Waals surface area contributed by atoms with Gasteiger partial charge in [0.25, 0.3) is 0 Å². The van der Waals surface area contributed by atoms with Crippen molar-refractivity contribution in [3.05, 3.63) is 30.3 Å². The molecule has 3 saturated carbocycles. The van der Waals surface area contributed by atoms with Crippen LogP contribution in [0.2, 0.25) is 0 Å². The quantitative estimate of drug-likeness (QED) is 0.462. The minimum atomic E-state index is 0.140. The van der Waals surface area contributed by atoms with E-state index in [-0.39, 0.29) is 29.3 Å². The minimum Gasteiger partial charge on any atom is -0.308 e. The average Bonchev–Trinajstić information content (AvgIpc) is 3.24. The summed E-state index contributed by atoms with van der Waals surface area (Å²) in [5.74, 6) is 1.20. The molecular weight excluding hydrogens is 402 g/mol. The number of carbonyl (C=O) groups is 1. The first-order valence-corrected chi connectivity index (χ1v) is 12.5. The number of carbonyl (C=O) groups excluding carboxylic acids is 1. The van der Waals surface area contributed by atoms with Crippen LogP contribution >= 0.6 is 12.2 Å². The van der Waals surface area contributed by atoms with E-state index in [9.17, 15) is 4.79 Å². The number of fused-ring (bicyclic) bond motifs is 2. The van der Waals surface area contributed by atoms with E-state index in [1.54, 1.807) is 0 Å². The lowest BCUT2D eigenvalue weighted by Crippen LogP contribution is -2.55. The molecular formula is C26H39N3OS. The van der Waals surface area contributed by atoms with Crippen molar-refractivity contribution in [2.24, 2.45) is 22.7 Å². The molecule has 2 bridgehead atoms. The van der Waals surface area contributed by atoms with Gasteiger partial charge in [-0.25, -0.2) is 5.43 Å². The second kappa shape index (κ2) is 8.82. The number of benzene rings is 1. The molecule has 0 heterocycles. The summed E-state index contributed by atoms with van der Waals surface area (Å²) < 4.78 is 0. The fraction of sp³-hybridized carbons (Fsp3) is 0.692. The van der Waals surface area contributed by atoms with E-state index in [2.05, 4.69) is 43.2 Å². The maximum atomic E-state index is 13.7. The van der Waals surface area contributed by atoms with Crippen LogP contribution in [0.15, 0.2) is 30.3 Å². The maximum Gasteiger partial charge on any atom is 0.248 e. The summed E-state index contributed by atoms with van der Waals surface area (Å²) in [6.07, 6.45) is 9.65. The van der Waals surface area contributed by atoms with Gasteiger partial charge < -0.3 is 4.90 Å². The van der Waals surface area contributed by atoms with E-state index in [0.29, 0.717) is 5.92 Å². The Morgan fingerprint density at radius 2 is 1.77 bits per heavy atom. The fourth-order valence-electron chi connectivity index (χ4n) is 7.04. The van der Waals surface area contributed by atoms with Crippen LogP contribution in [0.4, 0.5) is 5.69 Å². The number of anilines is 1. The second-order valence-electron chi connectivity index (χ2n) is 10.9. The standard InChI is InChI=1S/C26H39N3OS/c1-25(2)19-15-16-26(3,17-19)23(25)24(31)28(27-4)18-22(30)29(20-11-7-5-8-12-20)21-13-9-6-10-14-21/h5,7-8,11-12,19,21,23,27H,6,9-10,13-18H2,1-4H3. The molecule has 0 saturated heterocycles. The normalized spacial score (nSPS) is 29.7. The zero-order valence-corrected chi connectivity index (χ0v) is 20.5. The number of hydrazine groups is 1. The molecule has 3 aliphatic carbocycles. The molecule has 1 amide bonds. The Labute approximate surface area is 193 Å². The highest BCUT2D eigenvalue weighted by Crippen LogP contribution is 2.66. The predicted molar refractivity (Wildman–Crippen MR) is 132 cm³/mol. The van der Waals surface area contributed by atoms with Crippen molar-refractivity contribution in [3.8, 4) is 0 Å². The first-order chi connectivity index (χ1) is 14.8. The van der Waals surface area contributed by atoms with Gasteiger partial charge in [0.05, 0.1) is 4.99 Å². The number of nitrogens with one attached hydrogen (secondary N) is 1. The van der Waals surface area contributed by atoms with E-state index in [0.717, 1.165) is 29.4 Å². The zero-order valence-electron chi connectivity index (χ0n) is 19.7. The number of nitrogens with zero attached hydrogens (tertiary/aromatic N) is 2. The summed E-state index contributed by atoms with van der Waals surface area (Å²) in [6.45, 7) is 7.46. The van der Waals surface area contributed by atoms with E-state index in [1.165, 1.54) is 38.5 Å². The van der Waals surface area contributed by atoms with Gasteiger partial charge in [-0.3, -0.25) is 9.80 Å². The molecule has 170 valence electrons. The van der Waals surface area contributed by atoms with Gasteiger partial charge in [-0.2, -0.15) is 0 Å². The van der Waals surface area contributed by atoms with Gasteiger partial charge in [0.1, 0.15) is 6.54 Å². The minimum absolute atomic E-state index is 0.140. The number of rotatable bonds is 6. The van der Waals surface area contributed by atoms with Crippen LogP contribution in [0.1, 0.15) is 72.1 Å². The smallest absolute Gasteiger partial charge is 0.248 e. The molecule has 1 N–H and O–H groups in total. The van der Waals surface area contributed by atoms with Gasteiger partial charge in [-0.15, -0.1) is 0 Å². The van der Waals surface area contributed by atoms with E-state index < -0.39 is 0 Å². The van der Waals surface area contributed by atoms with Crippen LogP contribution in [0.25, 0.3) is 0 Å². The monoisotopic (exact) mass is 441 g/mol. The first-order valence-electron chi connectivity index (χ1n) is 12.1. The van der Waals surface area contributed by atoms with Crippen molar-refractivity contribution in [2.45, 2.75) is 78.2 Å². The van der Waals surface area contributed by atoms with Crippen molar-refractivity contribution in [1.82, 2.24) is 10.4 Å². The molecule has 3 unspecified atom stereocenters. The summed E-state index contributed by atoms with van der Waals surface area (Å²) in [5, 5.41) is 1.97. The molecule has 0 aliphatic heterocycles. The lowest BCUT2D eigenvalue weighted by molar-refractivity contribution is -0.120. The van der Waals surface area contributed by atoms with Gasteiger partial charge in [0, 0.05) is 24.7 Å². The van der Waals surface area contributed by atoms with Crippen molar-refractivity contribution >= 4 is 28.8 Å². The molecule has 3 aliphatic rings. The highest BCUT2D eigenvalue weighted by molar-refractivity contribution is 7.80. The lowest BCUT2D eigenvalue weighted by atomic mass is 9.64. The lowest BCUT2D eigenvalue weighted by Gasteiger charge is -2.45. The molecule has 3 fully saturated rings. The van der Waals surface area contributed by atoms with Gasteiger partial charge in [-0.1, -0.05) is 70.5 Å². The van der Waals surface area contributed by atoms with E-state index >= 15 is 0 Å². The Morgan fingerprint density at radius 1 is 1.10 bits per heavy atom. The summed E-state index contributed by atoms with van der Waals surface area (Å²) in [7, 11) is 1.90. The molecule has 31 heavy (non-hydrogen) atoms. The van der Waals surface area contributed by atoms with Gasteiger partial charge in [0.15, 0.2) is 0 Å². The highest BCUT2D eigenvalue weighted by Gasteiger charge is 2.61. The number of thiocarbonyl (C=S) groups is 1. The molecule has 1 aromatic carbocycles. The van der Waals surface area contributed by atoms with Crippen LogP contribution < -0.4 is 10.3 Å². The third-order valence-corrected chi connectivity index (χ3v) is 9.05. The molecule has 1 aromatic rings. The zero-order chi connectivity index (χ0) is 22.2. The molecule has 5 heteroatoms. The number of para-hydroxylation sites is 1. The molecule has 4 nitrogen and oxygen atoms in total. The van der Waals surface area contributed by atoms with Crippen LogP contribution in [0.3, 0.4) is 0 Å². The van der Waals surface area contributed by atoms with Crippen molar-refractivity contribution in [1.29, 1.82) is 0 Å². The van der Waals surface area contributed by atoms with Crippen LogP contribution in [0.5, 0.6) is 0 Å². The Bertz CT molecular complexity index is 799. The van der Waals surface area contributed by atoms with E-state index in [4.69, 9.17) is 12.2 Å². The van der Waals surface area contributed by atoms with Crippen molar-refractivity contribution < 1.29 is 4.79 Å². The SMILES string of the molecule is CNN(CC(=O)N(c1ccccc1)C1CCCCC1)C(=S)C1C2(C)CCC(C2)C1(C)C. The summed E-state index contributed by atoms with van der Waals surface area (Å²) >= 11 is 6.09. The third-order valence-electron chi connectivity index (χ3n) is 8.59. The van der Waals surface area contributed by atoms with Crippen LogP contribution in [-0.2, 0) is 4.79 Å². The van der Waals surface area contributed by atoms with Crippen LogP contribution in [-0.4, -0.2) is 35.5 Å². The molecule has 0 aromatic heterocycles. The maximum absolute atomic E-state index is 13.7. The molecule has 0 spiro atoms. The Hall–Kier alpha value is -1.46. The average molecular weight is 442 g/mol. The van der Waals surface area contributed by atoms with Crippen molar-refractivity contribution in [3.63, 3.8) is 0 Å². The van der Waals surface area contributed by atoms with E-state index in [1.807, 2.05) is 30.3 Å².